The molecule has 0 aliphatic rings. The van der Waals surface area contributed by atoms with E-state index in [1.165, 1.54) is 0 Å². The van der Waals surface area contributed by atoms with Crippen molar-refractivity contribution in [1.82, 2.24) is 9.47 Å². The van der Waals surface area contributed by atoms with E-state index >= 15 is 0 Å². The van der Waals surface area contributed by atoms with Crippen LogP contribution in [0.25, 0.3) is 10.9 Å². The number of halogens is 3. The number of benzene rings is 3. The van der Waals surface area contributed by atoms with Gasteiger partial charge in [-0.2, -0.15) is 0 Å². The number of hydrogen-bond donors (Lipinski definition) is 0. The first-order valence-corrected chi connectivity index (χ1v) is 11.6. The fraction of sp³-hybridized carbons (Fsp3) is 0.192. The zero-order valence-electron chi connectivity index (χ0n) is 18.0. The van der Waals surface area contributed by atoms with Gasteiger partial charge in [0.25, 0.3) is 9.70 Å². The van der Waals surface area contributed by atoms with Crippen molar-refractivity contribution in [3.63, 3.8) is 0 Å². The number of alkyl halides is 3. The van der Waals surface area contributed by atoms with E-state index < -0.39 is 9.70 Å². The Morgan fingerprint density at radius 3 is 2.21 bits per heavy atom. The lowest BCUT2D eigenvalue weighted by molar-refractivity contribution is -0.131. The average Bonchev–Trinajstić information content (AvgIpc) is 3.15. The molecule has 0 N–H and O–H groups in total. The quantitative estimate of drug-likeness (QED) is 0.267. The summed E-state index contributed by atoms with van der Waals surface area (Å²) in [4.78, 5) is 14.7. The molecule has 1 aromatic heterocycles. The number of para-hydroxylation sites is 1. The van der Waals surface area contributed by atoms with E-state index in [2.05, 4.69) is 34.9 Å². The molecule has 0 spiro atoms. The lowest BCUT2D eigenvalue weighted by Gasteiger charge is -2.27. The SMILES string of the molecule is COc1ccc(CN(Cc2cc3ccccc3n2Cc2ccccc2)C(=O)C(Cl)(Cl)Cl)cc1. The molecule has 0 saturated carbocycles. The second-order valence-corrected chi connectivity index (χ2v) is 10.1. The van der Waals surface area contributed by atoms with E-state index in [1.54, 1.807) is 12.0 Å². The molecule has 1 amide bonds. The Labute approximate surface area is 208 Å². The van der Waals surface area contributed by atoms with Crippen LogP contribution in [0.4, 0.5) is 0 Å². The van der Waals surface area contributed by atoms with Crippen molar-refractivity contribution in [1.29, 1.82) is 0 Å². The van der Waals surface area contributed by atoms with Crippen LogP contribution in [0.3, 0.4) is 0 Å². The molecule has 3 aromatic carbocycles. The maximum atomic E-state index is 13.1. The van der Waals surface area contributed by atoms with Gasteiger partial charge >= 0.3 is 0 Å². The minimum Gasteiger partial charge on any atom is -0.497 e. The number of nitrogens with zero attached hydrogens (tertiary/aromatic N) is 2. The first-order chi connectivity index (χ1) is 15.8. The van der Waals surface area contributed by atoms with Crippen LogP contribution in [0.5, 0.6) is 5.75 Å². The van der Waals surface area contributed by atoms with Crippen molar-refractivity contribution in [2.45, 2.75) is 23.4 Å². The number of rotatable bonds is 7. The summed E-state index contributed by atoms with van der Waals surface area (Å²) in [5.41, 5.74) is 4.11. The van der Waals surface area contributed by atoms with Gasteiger partial charge in [-0.3, -0.25) is 4.79 Å². The number of fused-ring (bicyclic) bond motifs is 1. The number of carbonyl (C=O) groups is 1. The summed E-state index contributed by atoms with van der Waals surface area (Å²) in [6.07, 6.45) is 0. The first-order valence-electron chi connectivity index (χ1n) is 10.5. The average molecular weight is 502 g/mol. The van der Waals surface area contributed by atoms with Gasteiger partial charge in [-0.25, -0.2) is 0 Å². The number of carbonyl (C=O) groups excluding carboxylic acids is 1. The molecular formula is C26H23Cl3N2O2. The van der Waals surface area contributed by atoms with E-state index in [-0.39, 0.29) is 0 Å². The van der Waals surface area contributed by atoms with Crippen LogP contribution >= 0.6 is 34.8 Å². The summed E-state index contributed by atoms with van der Waals surface area (Å²) in [5, 5.41) is 1.09. The van der Waals surface area contributed by atoms with Gasteiger partial charge in [0, 0.05) is 24.3 Å². The van der Waals surface area contributed by atoms with E-state index in [1.807, 2.05) is 54.6 Å². The number of ether oxygens (including phenoxy) is 1. The summed E-state index contributed by atoms with van der Waals surface area (Å²) in [6, 6.07) is 27.9. The van der Waals surface area contributed by atoms with E-state index in [0.717, 1.165) is 33.5 Å². The molecule has 4 aromatic rings. The third kappa shape index (κ3) is 5.64. The minimum atomic E-state index is -2.05. The second kappa shape index (κ2) is 10.1. The van der Waals surface area contributed by atoms with E-state index in [4.69, 9.17) is 39.5 Å². The molecule has 4 nitrogen and oxygen atoms in total. The standard InChI is InChI=1S/C26H23Cl3N2O2/c1-33-23-13-11-20(12-14-23)16-30(25(32)26(27,28)29)18-22-15-21-9-5-6-10-24(21)31(22)17-19-7-3-2-4-8-19/h2-15H,16-18H2,1H3. The molecule has 1 heterocycles. The van der Waals surface area contributed by atoms with Crippen LogP contribution in [-0.4, -0.2) is 26.3 Å². The summed E-state index contributed by atoms with van der Waals surface area (Å²) in [5.74, 6) is 0.167. The Hall–Kier alpha value is -2.66. The molecule has 170 valence electrons. The normalized spacial score (nSPS) is 11.5. The highest BCUT2D eigenvalue weighted by Gasteiger charge is 2.35. The summed E-state index contributed by atoms with van der Waals surface area (Å²) >= 11 is 18.1. The Morgan fingerprint density at radius 1 is 0.879 bits per heavy atom. The summed E-state index contributed by atoms with van der Waals surface area (Å²) in [6.45, 7) is 1.26. The third-order valence-electron chi connectivity index (χ3n) is 5.49. The highest BCUT2D eigenvalue weighted by Crippen LogP contribution is 2.31. The molecule has 0 unspecified atom stereocenters. The Morgan fingerprint density at radius 2 is 1.55 bits per heavy atom. The number of amides is 1. The zero-order chi connectivity index (χ0) is 23.4. The molecule has 33 heavy (non-hydrogen) atoms. The van der Waals surface area contributed by atoms with Gasteiger partial charge in [0.1, 0.15) is 5.75 Å². The molecule has 7 heteroatoms. The topological polar surface area (TPSA) is 34.5 Å². The predicted molar refractivity (Wildman–Crippen MR) is 135 cm³/mol. The van der Waals surface area contributed by atoms with E-state index in [9.17, 15) is 4.79 Å². The van der Waals surface area contributed by atoms with Gasteiger partial charge in [-0.1, -0.05) is 95.5 Å². The second-order valence-electron chi connectivity index (χ2n) is 7.77. The fourth-order valence-corrected chi connectivity index (χ4v) is 4.24. The lowest BCUT2D eigenvalue weighted by atomic mass is 10.2. The van der Waals surface area contributed by atoms with Crippen molar-refractivity contribution < 1.29 is 9.53 Å². The Bertz CT molecular complexity index is 1230. The molecular weight excluding hydrogens is 479 g/mol. The van der Waals surface area contributed by atoms with Crippen molar-refractivity contribution in [2.75, 3.05) is 7.11 Å². The van der Waals surface area contributed by atoms with Gasteiger partial charge in [-0.05, 0) is 40.8 Å². The maximum Gasteiger partial charge on any atom is 0.275 e. The third-order valence-corrected chi connectivity index (χ3v) is 5.98. The Kier molecular flexibility index (Phi) is 7.18. The maximum absolute atomic E-state index is 13.1. The first kappa shape index (κ1) is 23.5. The highest BCUT2D eigenvalue weighted by molar-refractivity contribution is 6.76. The van der Waals surface area contributed by atoms with Crippen LogP contribution in [0, 0.1) is 0 Å². The van der Waals surface area contributed by atoms with Gasteiger partial charge < -0.3 is 14.2 Å². The zero-order valence-corrected chi connectivity index (χ0v) is 20.3. The molecule has 4 rings (SSSR count). The molecule has 0 saturated heterocycles. The number of hydrogen-bond acceptors (Lipinski definition) is 2. The molecule has 0 radical (unpaired) electrons. The largest absolute Gasteiger partial charge is 0.497 e. The van der Waals surface area contributed by atoms with E-state index in [0.29, 0.717) is 19.6 Å². The molecule has 0 bridgehead atoms. The summed E-state index contributed by atoms with van der Waals surface area (Å²) in [7, 11) is 1.61. The van der Waals surface area contributed by atoms with Crippen molar-refractivity contribution in [3.05, 3.63) is 102 Å². The lowest BCUT2D eigenvalue weighted by Crippen LogP contribution is -2.39. The monoisotopic (exact) mass is 500 g/mol. The minimum absolute atomic E-state index is 0.292. The molecule has 0 atom stereocenters. The Balaban J connectivity index is 1.70. The molecule has 0 aliphatic heterocycles. The fourth-order valence-electron chi connectivity index (χ4n) is 3.88. The van der Waals surface area contributed by atoms with Gasteiger partial charge in [-0.15, -0.1) is 0 Å². The van der Waals surface area contributed by atoms with Crippen molar-refractivity contribution in [2.24, 2.45) is 0 Å². The molecule has 0 aliphatic carbocycles. The predicted octanol–water partition coefficient (Wildman–Crippen LogP) is 6.60. The van der Waals surface area contributed by atoms with Crippen LogP contribution in [0.1, 0.15) is 16.8 Å². The van der Waals surface area contributed by atoms with Crippen molar-refractivity contribution >= 4 is 51.6 Å². The van der Waals surface area contributed by atoms with Gasteiger partial charge in [0.15, 0.2) is 0 Å². The number of methoxy groups -OCH3 is 1. The van der Waals surface area contributed by atoms with Crippen LogP contribution in [-0.2, 0) is 24.4 Å². The van der Waals surface area contributed by atoms with Crippen molar-refractivity contribution in [3.8, 4) is 5.75 Å². The highest BCUT2D eigenvalue weighted by atomic mass is 35.6. The molecule has 0 fully saturated rings. The van der Waals surface area contributed by atoms with Crippen LogP contribution in [0.2, 0.25) is 0 Å². The van der Waals surface area contributed by atoms with Gasteiger partial charge in [0.2, 0.25) is 0 Å². The van der Waals surface area contributed by atoms with Crippen LogP contribution < -0.4 is 4.74 Å². The van der Waals surface area contributed by atoms with Gasteiger partial charge in [0.05, 0.1) is 13.7 Å². The van der Waals surface area contributed by atoms with Crippen LogP contribution in [0.15, 0.2) is 84.9 Å². The smallest absolute Gasteiger partial charge is 0.275 e. The summed E-state index contributed by atoms with van der Waals surface area (Å²) < 4.78 is 5.38. The number of aromatic nitrogens is 1.